The molecule has 0 bridgehead atoms. The van der Waals surface area contributed by atoms with Gasteiger partial charge in [-0.15, -0.1) is 0 Å². The molecule has 0 aromatic rings. The van der Waals surface area contributed by atoms with Crippen LogP contribution in [0.3, 0.4) is 0 Å². The summed E-state index contributed by atoms with van der Waals surface area (Å²) < 4.78 is 29.1. The predicted octanol–water partition coefficient (Wildman–Crippen LogP) is 0.233. The second-order valence-corrected chi connectivity index (χ2v) is 6.40. The summed E-state index contributed by atoms with van der Waals surface area (Å²) in [6.07, 6.45) is -1.39. The summed E-state index contributed by atoms with van der Waals surface area (Å²) in [6, 6.07) is -0.237. The van der Waals surface area contributed by atoms with Gasteiger partial charge in [-0.25, -0.2) is 0 Å². The Balaban J connectivity index is 1.94. The summed E-state index contributed by atoms with van der Waals surface area (Å²) in [6.45, 7) is 3.34. The van der Waals surface area contributed by atoms with Gasteiger partial charge in [-0.3, -0.25) is 4.99 Å². The van der Waals surface area contributed by atoms with Gasteiger partial charge in [0.1, 0.15) is 35.3 Å². The van der Waals surface area contributed by atoms with Crippen molar-refractivity contribution in [2.24, 2.45) is 4.99 Å². The van der Waals surface area contributed by atoms with E-state index in [0.717, 1.165) is 0 Å². The van der Waals surface area contributed by atoms with Crippen LogP contribution in [0.4, 0.5) is 0 Å². The van der Waals surface area contributed by atoms with Gasteiger partial charge in [-0.05, 0) is 13.8 Å². The number of aliphatic hydroxyl groups is 1. The molecular weight excluding hydrogens is 298 g/mol. The van der Waals surface area contributed by atoms with Crippen molar-refractivity contribution >= 4 is 17.3 Å². The van der Waals surface area contributed by atoms with E-state index in [1.54, 1.807) is 21.0 Å². The highest BCUT2D eigenvalue weighted by atomic mass is 32.2. The smallest absolute Gasteiger partial charge is 0.220 e. The van der Waals surface area contributed by atoms with Crippen molar-refractivity contribution in [3.63, 3.8) is 0 Å². The molecule has 7 atom stereocenters. The Labute approximate surface area is 127 Å². The molecule has 1 radical (unpaired) electrons. The van der Waals surface area contributed by atoms with Gasteiger partial charge in [0.2, 0.25) is 11.6 Å². The Morgan fingerprint density at radius 2 is 1.81 bits per heavy atom. The standard InChI is InChI=1S/C13H20NO6S/c1-12(16-3)13(2,17-4)20-10-8-11(21-6-14-8)18-7(5-15)9(10)19-12/h7-11,15H,5H2,1-4H3/t7-,8-,9-,10-,11-,12+,13+/m1/s1. The maximum Gasteiger partial charge on any atom is 0.220 e. The van der Waals surface area contributed by atoms with Crippen molar-refractivity contribution < 1.29 is 28.8 Å². The number of hydrogen-bond donors (Lipinski definition) is 1. The van der Waals surface area contributed by atoms with E-state index in [4.69, 9.17) is 23.7 Å². The van der Waals surface area contributed by atoms with Gasteiger partial charge in [0.25, 0.3) is 0 Å². The van der Waals surface area contributed by atoms with E-state index in [9.17, 15) is 5.11 Å². The van der Waals surface area contributed by atoms with Crippen LogP contribution < -0.4 is 0 Å². The Kier molecular flexibility index (Phi) is 4.07. The monoisotopic (exact) mass is 318 g/mol. The first-order valence-corrected chi connectivity index (χ1v) is 7.68. The fourth-order valence-corrected chi connectivity index (χ4v) is 3.73. The van der Waals surface area contributed by atoms with E-state index in [-0.39, 0.29) is 18.1 Å². The lowest BCUT2D eigenvalue weighted by Crippen LogP contribution is -2.72. The highest BCUT2D eigenvalue weighted by Crippen LogP contribution is 2.46. The van der Waals surface area contributed by atoms with E-state index in [1.165, 1.54) is 18.9 Å². The fourth-order valence-electron chi connectivity index (χ4n) is 2.89. The van der Waals surface area contributed by atoms with Crippen molar-refractivity contribution in [1.82, 2.24) is 0 Å². The molecule has 2 saturated heterocycles. The minimum absolute atomic E-state index is 0.169. The Morgan fingerprint density at radius 3 is 2.38 bits per heavy atom. The van der Waals surface area contributed by atoms with Crippen molar-refractivity contribution in [2.45, 2.75) is 55.2 Å². The van der Waals surface area contributed by atoms with Gasteiger partial charge in [-0.2, -0.15) is 0 Å². The molecule has 0 aliphatic carbocycles. The summed E-state index contributed by atoms with van der Waals surface area (Å²) in [5.74, 6) is -2.21. The molecule has 3 rings (SSSR count). The quantitative estimate of drug-likeness (QED) is 0.798. The predicted molar refractivity (Wildman–Crippen MR) is 75.1 cm³/mol. The van der Waals surface area contributed by atoms with E-state index in [2.05, 4.69) is 10.5 Å². The van der Waals surface area contributed by atoms with Crippen LogP contribution >= 0.6 is 11.8 Å². The average molecular weight is 318 g/mol. The van der Waals surface area contributed by atoms with Crippen molar-refractivity contribution in [2.75, 3.05) is 20.8 Å². The Morgan fingerprint density at radius 1 is 1.19 bits per heavy atom. The van der Waals surface area contributed by atoms with Crippen LogP contribution in [0, 0.1) is 0 Å². The molecular formula is C13H20NO6S. The fraction of sp³-hybridized carbons (Fsp3) is 0.923. The lowest BCUT2D eigenvalue weighted by Gasteiger charge is -2.56. The largest absolute Gasteiger partial charge is 0.394 e. The van der Waals surface area contributed by atoms with Crippen molar-refractivity contribution in [1.29, 1.82) is 0 Å². The third-order valence-electron chi connectivity index (χ3n) is 4.49. The molecule has 3 heterocycles. The van der Waals surface area contributed by atoms with Gasteiger partial charge in [0, 0.05) is 14.2 Å². The van der Waals surface area contributed by atoms with Gasteiger partial charge in [-0.1, -0.05) is 11.8 Å². The molecule has 0 amide bonds. The van der Waals surface area contributed by atoms with Crippen LogP contribution in [0.25, 0.3) is 0 Å². The number of aliphatic hydroxyl groups excluding tert-OH is 1. The first-order valence-electron chi connectivity index (χ1n) is 6.81. The number of ether oxygens (including phenoxy) is 5. The molecule has 0 spiro atoms. The van der Waals surface area contributed by atoms with Gasteiger partial charge >= 0.3 is 0 Å². The molecule has 2 fully saturated rings. The highest BCUT2D eigenvalue weighted by molar-refractivity contribution is 8.12. The zero-order chi connectivity index (χ0) is 15.3. The van der Waals surface area contributed by atoms with E-state index in [0.29, 0.717) is 0 Å². The van der Waals surface area contributed by atoms with Gasteiger partial charge < -0.3 is 28.8 Å². The lowest BCUT2D eigenvalue weighted by molar-refractivity contribution is -0.463. The molecule has 1 N–H and O–H groups in total. The normalized spacial score (nSPS) is 52.5. The molecule has 0 aromatic carbocycles. The summed E-state index contributed by atoms with van der Waals surface area (Å²) >= 11 is 1.36. The first kappa shape index (κ1) is 15.7. The molecule has 0 aromatic heterocycles. The summed E-state index contributed by atoms with van der Waals surface area (Å²) in [5.41, 5.74) is 2.63. The number of fused-ring (bicyclic) bond motifs is 3. The molecule has 8 heteroatoms. The number of nitrogens with zero attached hydrogens (tertiary/aromatic N) is 1. The Bertz CT molecular complexity index is 437. The van der Waals surface area contributed by atoms with E-state index in [1.807, 2.05) is 0 Å². The topological polar surface area (TPSA) is 78.7 Å². The van der Waals surface area contributed by atoms with Gasteiger partial charge in [0.05, 0.1) is 6.61 Å². The number of methoxy groups -OCH3 is 2. The third kappa shape index (κ3) is 2.24. The number of rotatable bonds is 3. The number of thioether (sulfide) groups is 1. The average Bonchev–Trinajstić information content (AvgIpc) is 2.96. The number of aliphatic imine (C=N–C) groups is 1. The lowest BCUT2D eigenvalue weighted by atomic mass is 9.93. The number of hydrogen-bond acceptors (Lipinski definition) is 8. The second kappa shape index (κ2) is 5.45. The van der Waals surface area contributed by atoms with Crippen LogP contribution in [0.1, 0.15) is 13.8 Å². The molecule has 119 valence electrons. The van der Waals surface area contributed by atoms with Crippen molar-refractivity contribution in [3.8, 4) is 0 Å². The molecule has 3 aliphatic rings. The van der Waals surface area contributed by atoms with Crippen LogP contribution in [-0.4, -0.2) is 72.8 Å². The summed E-state index contributed by atoms with van der Waals surface area (Å²) in [5, 5.41) is 9.59. The zero-order valence-electron chi connectivity index (χ0n) is 12.4. The van der Waals surface area contributed by atoms with Crippen LogP contribution in [-0.2, 0) is 23.7 Å². The minimum Gasteiger partial charge on any atom is -0.394 e. The molecule has 21 heavy (non-hydrogen) atoms. The zero-order valence-corrected chi connectivity index (χ0v) is 13.3. The van der Waals surface area contributed by atoms with Crippen LogP contribution in [0.5, 0.6) is 0 Å². The molecule has 0 unspecified atom stereocenters. The highest BCUT2D eigenvalue weighted by Gasteiger charge is 2.62. The van der Waals surface area contributed by atoms with Gasteiger partial charge in [0.15, 0.2) is 0 Å². The molecule has 3 aliphatic heterocycles. The Hall–Kier alpha value is -0.220. The van der Waals surface area contributed by atoms with Crippen LogP contribution in [0.15, 0.2) is 4.99 Å². The van der Waals surface area contributed by atoms with E-state index >= 15 is 0 Å². The third-order valence-corrected chi connectivity index (χ3v) is 5.32. The second-order valence-electron chi connectivity index (χ2n) is 5.52. The SMILES string of the molecule is CO[C@@]1(C)O[C@@H]2[C@H]3N=[C]S[C@H]3O[C@H](CO)[C@H]2O[C@]1(C)OC. The summed E-state index contributed by atoms with van der Waals surface area (Å²) in [4.78, 5) is 4.29. The maximum absolute atomic E-state index is 9.59. The van der Waals surface area contributed by atoms with E-state index < -0.39 is 29.9 Å². The van der Waals surface area contributed by atoms with Crippen LogP contribution in [0.2, 0.25) is 0 Å². The molecule has 0 saturated carbocycles. The minimum atomic E-state index is -1.12. The first-order chi connectivity index (χ1) is 9.98. The summed E-state index contributed by atoms with van der Waals surface area (Å²) in [7, 11) is 3.07. The van der Waals surface area contributed by atoms with Crippen molar-refractivity contribution in [3.05, 3.63) is 0 Å². The molecule has 7 nitrogen and oxygen atoms in total. The maximum atomic E-state index is 9.59.